The van der Waals surface area contributed by atoms with E-state index in [1.807, 2.05) is 19.1 Å². The van der Waals surface area contributed by atoms with Gasteiger partial charge < -0.3 is 4.42 Å². The van der Waals surface area contributed by atoms with E-state index in [-0.39, 0.29) is 0 Å². The highest BCUT2D eigenvalue weighted by molar-refractivity contribution is 9.10. The molecule has 4 heteroatoms. The van der Waals surface area contributed by atoms with E-state index in [2.05, 4.69) is 15.9 Å². The summed E-state index contributed by atoms with van der Waals surface area (Å²) in [5, 5.41) is 10.2. The van der Waals surface area contributed by atoms with Crippen LogP contribution in [0.25, 0.3) is 11.0 Å². The smallest absolute Gasteiger partial charge is 0.207 e. The fourth-order valence-electron chi connectivity index (χ4n) is 1.35. The number of nitriles is 1. The van der Waals surface area contributed by atoms with Gasteiger partial charge in [-0.25, -0.2) is 0 Å². The van der Waals surface area contributed by atoms with Crippen molar-refractivity contribution in [1.82, 2.24) is 0 Å². The molecule has 0 fully saturated rings. The summed E-state index contributed by atoms with van der Waals surface area (Å²) >= 11 is 9.31. The molecule has 1 aromatic heterocycles. The number of hydrogen-bond acceptors (Lipinski definition) is 2. The van der Waals surface area contributed by atoms with Gasteiger partial charge in [-0.05, 0) is 19.1 Å². The molecule has 2 aromatic rings. The van der Waals surface area contributed by atoms with Gasteiger partial charge in [0.05, 0.1) is 5.02 Å². The summed E-state index contributed by atoms with van der Waals surface area (Å²) in [5.41, 5.74) is 1.40. The molecule has 0 N–H and O–H groups in total. The first kappa shape index (κ1) is 9.57. The minimum Gasteiger partial charge on any atom is -0.444 e. The normalized spacial score (nSPS) is 10.4. The summed E-state index contributed by atoms with van der Waals surface area (Å²) < 4.78 is 6.20. The van der Waals surface area contributed by atoms with Gasteiger partial charge in [0.2, 0.25) is 5.76 Å². The molecule has 0 saturated heterocycles. The van der Waals surface area contributed by atoms with Gasteiger partial charge in [0.25, 0.3) is 0 Å². The second kappa shape index (κ2) is 3.30. The predicted molar refractivity (Wildman–Crippen MR) is 58.4 cm³/mol. The largest absolute Gasteiger partial charge is 0.444 e. The van der Waals surface area contributed by atoms with Crippen molar-refractivity contribution >= 4 is 38.5 Å². The van der Waals surface area contributed by atoms with E-state index in [4.69, 9.17) is 21.3 Å². The molecule has 1 aromatic carbocycles. The van der Waals surface area contributed by atoms with Gasteiger partial charge in [0.15, 0.2) is 5.58 Å². The molecule has 14 heavy (non-hydrogen) atoms. The van der Waals surface area contributed by atoms with Crippen molar-refractivity contribution in [2.24, 2.45) is 0 Å². The summed E-state index contributed by atoms with van der Waals surface area (Å²) in [7, 11) is 0. The van der Waals surface area contributed by atoms with E-state index in [1.165, 1.54) is 0 Å². The van der Waals surface area contributed by atoms with Crippen molar-refractivity contribution < 1.29 is 4.42 Å². The van der Waals surface area contributed by atoms with Gasteiger partial charge in [-0.2, -0.15) is 5.26 Å². The lowest BCUT2D eigenvalue weighted by Gasteiger charge is -1.94. The molecule has 0 aliphatic carbocycles. The van der Waals surface area contributed by atoms with E-state index in [0.717, 1.165) is 15.4 Å². The molecule has 2 rings (SSSR count). The quantitative estimate of drug-likeness (QED) is 0.725. The maximum atomic E-state index is 8.78. The van der Waals surface area contributed by atoms with Crippen LogP contribution in [0, 0.1) is 18.3 Å². The fourth-order valence-corrected chi connectivity index (χ4v) is 2.20. The zero-order chi connectivity index (χ0) is 10.3. The molecule has 1 heterocycles. The van der Waals surface area contributed by atoms with E-state index in [1.54, 1.807) is 6.07 Å². The van der Waals surface area contributed by atoms with E-state index < -0.39 is 0 Å². The Labute approximate surface area is 94.2 Å². The minimum absolute atomic E-state index is 0.319. The van der Waals surface area contributed by atoms with Gasteiger partial charge in [0, 0.05) is 15.4 Å². The Bertz CT molecular complexity index is 553. The van der Waals surface area contributed by atoms with Crippen LogP contribution in [0.3, 0.4) is 0 Å². The number of nitrogens with zero attached hydrogens (tertiary/aromatic N) is 1. The van der Waals surface area contributed by atoms with E-state index >= 15 is 0 Å². The molecule has 0 amide bonds. The Balaban J connectivity index is 2.94. The second-order valence-corrected chi connectivity index (χ2v) is 4.26. The lowest BCUT2D eigenvalue weighted by Crippen LogP contribution is -1.73. The molecule has 0 atom stereocenters. The Hall–Kier alpha value is -0.980. The first-order chi connectivity index (χ1) is 6.63. The summed E-state index contributed by atoms with van der Waals surface area (Å²) in [6, 6.07) is 5.62. The molecule has 0 unspecified atom stereocenters. The van der Waals surface area contributed by atoms with Gasteiger partial charge in [-0.15, -0.1) is 0 Å². The number of halogens is 2. The van der Waals surface area contributed by atoms with Crippen molar-refractivity contribution in [3.8, 4) is 6.07 Å². The van der Waals surface area contributed by atoms with Gasteiger partial charge in [-0.1, -0.05) is 27.5 Å². The van der Waals surface area contributed by atoms with Crippen LogP contribution in [0.4, 0.5) is 0 Å². The highest BCUT2D eigenvalue weighted by Gasteiger charge is 2.13. The molecule has 0 aliphatic rings. The molecule has 0 radical (unpaired) electrons. The molecule has 0 bridgehead atoms. The zero-order valence-corrected chi connectivity index (χ0v) is 9.61. The maximum absolute atomic E-state index is 8.78. The SMILES string of the molecule is Cc1c(C#N)oc2c(Cl)cc(Br)cc12. The molecule has 0 saturated carbocycles. The summed E-state index contributed by atoms with van der Waals surface area (Å²) in [5.74, 6) is 0.319. The van der Waals surface area contributed by atoms with Gasteiger partial charge >= 0.3 is 0 Å². The lowest BCUT2D eigenvalue weighted by molar-refractivity contribution is 0.596. The highest BCUT2D eigenvalue weighted by atomic mass is 79.9. The number of rotatable bonds is 0. The monoisotopic (exact) mass is 269 g/mol. The van der Waals surface area contributed by atoms with Crippen LogP contribution in [0.5, 0.6) is 0 Å². The Morgan fingerprint density at radius 2 is 2.21 bits per heavy atom. The Morgan fingerprint density at radius 3 is 2.86 bits per heavy atom. The third-order valence-electron chi connectivity index (χ3n) is 2.06. The number of furan rings is 1. The number of hydrogen-bond donors (Lipinski definition) is 0. The topological polar surface area (TPSA) is 36.9 Å². The minimum atomic E-state index is 0.319. The standard InChI is InChI=1S/C10H5BrClNO/c1-5-7-2-6(11)3-8(12)10(7)14-9(5)4-13/h2-3H,1H3. The number of benzene rings is 1. The number of fused-ring (bicyclic) bond motifs is 1. The van der Waals surface area contributed by atoms with Crippen molar-refractivity contribution in [3.63, 3.8) is 0 Å². The van der Waals surface area contributed by atoms with Crippen molar-refractivity contribution in [2.45, 2.75) is 6.92 Å². The first-order valence-electron chi connectivity index (χ1n) is 3.91. The van der Waals surface area contributed by atoms with Crippen molar-refractivity contribution in [2.75, 3.05) is 0 Å². The van der Waals surface area contributed by atoms with Crippen molar-refractivity contribution in [1.29, 1.82) is 5.26 Å². The Morgan fingerprint density at radius 1 is 1.50 bits per heavy atom. The van der Waals surface area contributed by atoms with Crippen molar-refractivity contribution in [3.05, 3.63) is 33.0 Å². The lowest BCUT2D eigenvalue weighted by atomic mass is 10.1. The summed E-state index contributed by atoms with van der Waals surface area (Å²) in [6.45, 7) is 1.84. The van der Waals surface area contributed by atoms with Crippen LogP contribution in [0.15, 0.2) is 21.0 Å². The third kappa shape index (κ3) is 1.31. The third-order valence-corrected chi connectivity index (χ3v) is 2.80. The molecular formula is C10H5BrClNO. The van der Waals surface area contributed by atoms with Crippen LogP contribution < -0.4 is 0 Å². The van der Waals surface area contributed by atoms with Crippen LogP contribution in [0.1, 0.15) is 11.3 Å². The Kier molecular flexibility index (Phi) is 2.26. The summed E-state index contributed by atoms with van der Waals surface area (Å²) in [4.78, 5) is 0. The van der Waals surface area contributed by atoms with Crippen LogP contribution in [0.2, 0.25) is 5.02 Å². The van der Waals surface area contributed by atoms with Crippen LogP contribution in [-0.2, 0) is 0 Å². The zero-order valence-electron chi connectivity index (χ0n) is 7.27. The van der Waals surface area contributed by atoms with Gasteiger partial charge in [0.1, 0.15) is 6.07 Å². The highest BCUT2D eigenvalue weighted by Crippen LogP contribution is 2.33. The second-order valence-electron chi connectivity index (χ2n) is 2.93. The van der Waals surface area contributed by atoms with Crippen LogP contribution >= 0.6 is 27.5 Å². The molecular weight excluding hydrogens is 265 g/mol. The molecule has 0 spiro atoms. The fraction of sp³-hybridized carbons (Fsp3) is 0.100. The number of aryl methyl sites for hydroxylation is 1. The predicted octanol–water partition coefficient (Wildman–Crippen LogP) is 4.03. The molecule has 0 aliphatic heterocycles. The van der Waals surface area contributed by atoms with Gasteiger partial charge in [-0.3, -0.25) is 0 Å². The van der Waals surface area contributed by atoms with E-state index in [9.17, 15) is 0 Å². The molecule has 70 valence electrons. The maximum Gasteiger partial charge on any atom is 0.207 e. The van der Waals surface area contributed by atoms with Crippen LogP contribution in [-0.4, -0.2) is 0 Å². The molecule has 2 nitrogen and oxygen atoms in total. The first-order valence-corrected chi connectivity index (χ1v) is 5.09. The van der Waals surface area contributed by atoms with E-state index in [0.29, 0.717) is 16.4 Å². The average Bonchev–Trinajstić information content (AvgIpc) is 2.44. The average molecular weight is 271 g/mol. The summed E-state index contributed by atoms with van der Waals surface area (Å²) in [6.07, 6.45) is 0.